The second-order valence-electron chi connectivity index (χ2n) is 7.31. The standard InChI is InChI=1S/C14H34Si3/c1-11(2)16(9,12(3)4)15-17(10,13(5)6)14(7)8/h11-14H,1-10H3. The van der Waals surface area contributed by atoms with Gasteiger partial charge in [0.15, 0.2) is 0 Å². The summed E-state index contributed by atoms with van der Waals surface area (Å²) < 4.78 is 0. The van der Waals surface area contributed by atoms with E-state index in [1.807, 2.05) is 0 Å². The Morgan fingerprint density at radius 1 is 0.529 bits per heavy atom. The molecule has 0 fully saturated rings. The number of rotatable bonds is 6. The van der Waals surface area contributed by atoms with Gasteiger partial charge in [-0.15, -0.1) is 0 Å². The zero-order valence-electron chi connectivity index (χ0n) is 13.8. The fourth-order valence-corrected chi connectivity index (χ4v) is 35.3. The fraction of sp³-hybridized carbons (Fsp3) is 1.00. The molecule has 17 heavy (non-hydrogen) atoms. The molecule has 102 valence electrons. The van der Waals surface area contributed by atoms with Gasteiger partial charge in [0, 0.05) is 23.7 Å². The summed E-state index contributed by atoms with van der Waals surface area (Å²) in [5.74, 6) is 0. The Bertz CT molecular complexity index is 192. The minimum atomic E-state index is -1.08. The summed E-state index contributed by atoms with van der Waals surface area (Å²) >= 11 is 0. The highest BCUT2D eigenvalue weighted by Gasteiger charge is 2.45. The van der Waals surface area contributed by atoms with E-state index in [0.717, 1.165) is 22.2 Å². The van der Waals surface area contributed by atoms with Crippen molar-refractivity contribution in [3.63, 3.8) is 0 Å². The molecule has 0 aromatic rings. The SMILES string of the molecule is CC(C)[Si](C)([Si][Si](C)(C(C)C)C(C)C)C(C)C. The topological polar surface area (TPSA) is 0 Å². The molecule has 0 aliphatic heterocycles. The van der Waals surface area contributed by atoms with E-state index < -0.39 is 15.2 Å². The molecule has 0 amide bonds. The van der Waals surface area contributed by atoms with Gasteiger partial charge in [-0.05, 0) is 0 Å². The molecule has 0 rings (SSSR count). The van der Waals surface area contributed by atoms with Crippen molar-refractivity contribution in [2.75, 3.05) is 0 Å². The molecule has 0 aromatic heterocycles. The summed E-state index contributed by atoms with van der Waals surface area (Å²) in [7, 11) is -0.832. The Morgan fingerprint density at radius 3 is 0.824 bits per heavy atom. The maximum atomic E-state index is 2.68. The predicted octanol–water partition coefficient (Wildman–Crippen LogP) is 5.48. The van der Waals surface area contributed by atoms with Gasteiger partial charge in [-0.25, -0.2) is 0 Å². The van der Waals surface area contributed by atoms with Crippen molar-refractivity contribution < 1.29 is 0 Å². The highest BCUT2D eigenvalue weighted by Crippen LogP contribution is 2.39. The van der Waals surface area contributed by atoms with Crippen LogP contribution in [0, 0.1) is 0 Å². The molecule has 0 heterocycles. The number of hydrogen-bond donors (Lipinski definition) is 0. The third-order valence-electron chi connectivity index (χ3n) is 5.34. The maximum absolute atomic E-state index is 2.68. The van der Waals surface area contributed by atoms with Gasteiger partial charge < -0.3 is 0 Å². The van der Waals surface area contributed by atoms with E-state index in [9.17, 15) is 0 Å². The van der Waals surface area contributed by atoms with Crippen molar-refractivity contribution in [3.8, 4) is 0 Å². The molecule has 3 heteroatoms. The van der Waals surface area contributed by atoms with E-state index in [-0.39, 0.29) is 0 Å². The molecule has 0 bridgehead atoms. The van der Waals surface area contributed by atoms with Crippen molar-refractivity contribution in [1.82, 2.24) is 0 Å². The lowest BCUT2D eigenvalue weighted by Crippen LogP contribution is -2.60. The van der Waals surface area contributed by atoms with Crippen LogP contribution in [0.3, 0.4) is 0 Å². The molecule has 0 N–H and O–H groups in total. The Balaban J connectivity index is 5.22. The van der Waals surface area contributed by atoms with Crippen LogP contribution >= 0.6 is 0 Å². The number of hydrogen-bond acceptors (Lipinski definition) is 0. The first-order chi connectivity index (χ1) is 7.48. The van der Waals surface area contributed by atoms with Crippen LogP contribution in [0.5, 0.6) is 0 Å². The largest absolute Gasteiger partial charge is 0.0713 e. The quantitative estimate of drug-likeness (QED) is 0.567. The first-order valence-corrected chi connectivity index (χ1v) is 15.6. The van der Waals surface area contributed by atoms with Gasteiger partial charge in [-0.3, -0.25) is 0 Å². The van der Waals surface area contributed by atoms with Crippen LogP contribution in [0.15, 0.2) is 0 Å². The van der Waals surface area contributed by atoms with Gasteiger partial charge in [0.1, 0.15) is 0 Å². The summed E-state index contributed by atoms with van der Waals surface area (Å²) in [6, 6.07) is 0. The van der Waals surface area contributed by atoms with Crippen LogP contribution in [0.4, 0.5) is 0 Å². The van der Waals surface area contributed by atoms with Crippen LogP contribution in [0.25, 0.3) is 0 Å². The van der Waals surface area contributed by atoms with Crippen LogP contribution in [-0.2, 0) is 0 Å². The molecular formula is C14H34Si3. The average molecular weight is 287 g/mol. The third-order valence-corrected chi connectivity index (χ3v) is 35.9. The van der Waals surface area contributed by atoms with Gasteiger partial charge in [0.05, 0.1) is 0 Å². The minimum absolute atomic E-state index is 0.935. The van der Waals surface area contributed by atoms with E-state index in [1.54, 1.807) is 0 Å². The molecule has 0 aliphatic carbocycles. The maximum Gasteiger partial charge on any atom is 0.0410 e. The van der Waals surface area contributed by atoms with Crippen molar-refractivity contribution in [2.45, 2.75) is 90.6 Å². The van der Waals surface area contributed by atoms with E-state index in [2.05, 4.69) is 68.5 Å². The highest BCUT2D eigenvalue weighted by atomic mass is 29.6. The second-order valence-corrected chi connectivity index (χ2v) is 26.8. The second kappa shape index (κ2) is 6.20. The molecule has 0 spiro atoms. The Kier molecular flexibility index (Phi) is 6.44. The van der Waals surface area contributed by atoms with Gasteiger partial charge in [-0.2, -0.15) is 0 Å². The van der Waals surface area contributed by atoms with Gasteiger partial charge in [0.25, 0.3) is 0 Å². The minimum Gasteiger partial charge on any atom is -0.0713 e. The molecule has 0 saturated carbocycles. The first-order valence-electron chi connectivity index (χ1n) is 7.27. The molecule has 0 nitrogen and oxygen atoms in total. The normalized spacial score (nSPS) is 14.5. The molecule has 2 radical (unpaired) electrons. The molecule has 0 aliphatic rings. The summed E-state index contributed by atoms with van der Waals surface area (Å²) in [4.78, 5) is 0. The molecular weight excluding hydrogens is 252 g/mol. The molecule has 0 aromatic carbocycles. The van der Waals surface area contributed by atoms with Crippen LogP contribution in [-0.4, -0.2) is 23.7 Å². The molecule has 0 unspecified atom stereocenters. The smallest absolute Gasteiger partial charge is 0.0410 e. The van der Waals surface area contributed by atoms with Gasteiger partial charge in [0.2, 0.25) is 0 Å². The summed E-state index contributed by atoms with van der Waals surface area (Å²) in [5, 5.41) is 0. The van der Waals surface area contributed by atoms with E-state index in [0.29, 0.717) is 0 Å². The lowest BCUT2D eigenvalue weighted by Gasteiger charge is -2.46. The van der Waals surface area contributed by atoms with E-state index in [1.165, 1.54) is 8.55 Å². The average Bonchev–Trinajstić information content (AvgIpc) is 2.15. The van der Waals surface area contributed by atoms with Gasteiger partial charge >= 0.3 is 0 Å². The summed E-state index contributed by atoms with van der Waals surface area (Å²) in [6.45, 7) is 25.2. The van der Waals surface area contributed by atoms with E-state index in [4.69, 9.17) is 0 Å². The monoisotopic (exact) mass is 286 g/mol. The van der Waals surface area contributed by atoms with E-state index >= 15 is 0 Å². The Labute approximate surface area is 114 Å². The van der Waals surface area contributed by atoms with Crippen LogP contribution in [0.1, 0.15) is 55.4 Å². The lowest BCUT2D eigenvalue weighted by atomic mass is 10.5. The zero-order valence-corrected chi connectivity index (χ0v) is 16.8. The Morgan fingerprint density at radius 2 is 0.706 bits per heavy atom. The van der Waals surface area contributed by atoms with Crippen molar-refractivity contribution in [1.29, 1.82) is 0 Å². The molecule has 0 atom stereocenters. The highest BCUT2D eigenvalue weighted by molar-refractivity contribution is 7.54. The summed E-state index contributed by atoms with van der Waals surface area (Å²) in [6.07, 6.45) is 0. The van der Waals surface area contributed by atoms with Crippen LogP contribution < -0.4 is 0 Å². The Hall–Kier alpha value is 0.651. The van der Waals surface area contributed by atoms with Crippen LogP contribution in [0.2, 0.25) is 35.3 Å². The van der Waals surface area contributed by atoms with Crippen molar-refractivity contribution in [2.24, 2.45) is 0 Å². The lowest BCUT2D eigenvalue weighted by molar-refractivity contribution is 0.917. The van der Waals surface area contributed by atoms with Crippen molar-refractivity contribution in [3.05, 3.63) is 0 Å². The first kappa shape index (κ1) is 17.7. The van der Waals surface area contributed by atoms with Crippen molar-refractivity contribution >= 4 is 23.7 Å². The fourth-order valence-electron chi connectivity index (χ4n) is 2.49. The zero-order chi connectivity index (χ0) is 14.0. The third kappa shape index (κ3) is 3.80. The van der Waals surface area contributed by atoms with Gasteiger partial charge in [-0.1, -0.05) is 90.6 Å². The summed E-state index contributed by atoms with van der Waals surface area (Å²) in [5.41, 5.74) is 3.74. The predicted molar refractivity (Wildman–Crippen MR) is 89.4 cm³/mol. The molecule has 0 saturated heterocycles.